The molecule has 0 bridgehead atoms. The molecule has 0 saturated carbocycles. The lowest BCUT2D eigenvalue weighted by Crippen LogP contribution is -2.35. The fourth-order valence-electron chi connectivity index (χ4n) is 1.56. The highest BCUT2D eigenvalue weighted by atomic mass is 16.6. The Labute approximate surface area is 115 Å². The zero-order valence-electron chi connectivity index (χ0n) is 11.0. The molecule has 8 heteroatoms. The van der Waals surface area contributed by atoms with Crippen molar-refractivity contribution in [2.24, 2.45) is 10.9 Å². The Balaban J connectivity index is 2.61. The van der Waals surface area contributed by atoms with Gasteiger partial charge in [-0.15, -0.1) is 0 Å². The molecule has 2 N–H and O–H groups in total. The molecule has 110 valence electrons. The van der Waals surface area contributed by atoms with E-state index in [0.29, 0.717) is 31.8 Å². The van der Waals surface area contributed by atoms with Crippen LogP contribution in [0.15, 0.2) is 16.8 Å². The van der Waals surface area contributed by atoms with Crippen LogP contribution in [0.25, 0.3) is 0 Å². The highest BCUT2D eigenvalue weighted by molar-refractivity contribution is 6.07. The van der Waals surface area contributed by atoms with E-state index in [2.05, 4.69) is 4.99 Å². The summed E-state index contributed by atoms with van der Waals surface area (Å²) in [7, 11) is 0. The summed E-state index contributed by atoms with van der Waals surface area (Å²) in [6.45, 7) is 2.71. The maximum Gasteiger partial charge on any atom is 0.410 e. The van der Waals surface area contributed by atoms with Crippen LogP contribution in [0.3, 0.4) is 0 Å². The quantitative estimate of drug-likeness (QED) is 0.563. The maximum atomic E-state index is 11.4. The number of carboxylic acids is 2. The first-order valence-electron chi connectivity index (χ1n) is 6.06. The van der Waals surface area contributed by atoms with E-state index in [4.69, 9.17) is 14.9 Å². The second-order valence-corrected chi connectivity index (χ2v) is 4.02. The van der Waals surface area contributed by atoms with Crippen molar-refractivity contribution in [1.29, 1.82) is 0 Å². The van der Waals surface area contributed by atoms with Crippen molar-refractivity contribution in [2.75, 3.05) is 19.7 Å². The summed E-state index contributed by atoms with van der Waals surface area (Å²) in [5.41, 5.74) is 0.554. The zero-order chi connectivity index (χ0) is 15.1. The third kappa shape index (κ3) is 4.38. The third-order valence-corrected chi connectivity index (χ3v) is 2.63. The molecule has 0 atom stereocenters. The fourth-order valence-corrected chi connectivity index (χ4v) is 1.56. The van der Waals surface area contributed by atoms with E-state index in [1.807, 2.05) is 0 Å². The molecule has 20 heavy (non-hydrogen) atoms. The Hall–Kier alpha value is -2.38. The first kappa shape index (κ1) is 15.7. The summed E-state index contributed by atoms with van der Waals surface area (Å²) in [5, 5.41) is 17.4. The number of hydrogen-bond acceptors (Lipinski definition) is 5. The molecule has 0 radical (unpaired) electrons. The Morgan fingerprint density at radius 3 is 2.55 bits per heavy atom. The average molecular weight is 284 g/mol. The van der Waals surface area contributed by atoms with Crippen molar-refractivity contribution in [3.8, 4) is 0 Å². The van der Waals surface area contributed by atoms with Gasteiger partial charge >= 0.3 is 18.0 Å². The molecule has 1 heterocycles. The van der Waals surface area contributed by atoms with Gasteiger partial charge in [-0.25, -0.2) is 4.79 Å². The molecule has 1 amide bonds. The van der Waals surface area contributed by atoms with E-state index in [1.54, 1.807) is 13.0 Å². The Bertz CT molecular complexity index is 443. The fraction of sp³-hybridized carbons (Fsp3) is 0.500. The first-order chi connectivity index (χ1) is 9.45. The molecule has 0 unspecified atom stereocenters. The molecule has 0 fully saturated rings. The van der Waals surface area contributed by atoms with Gasteiger partial charge in [0, 0.05) is 31.4 Å². The number of nitrogens with zero attached hydrogens (tertiary/aromatic N) is 2. The van der Waals surface area contributed by atoms with E-state index in [9.17, 15) is 14.4 Å². The largest absolute Gasteiger partial charge is 0.480 e. The number of amides is 1. The number of carbonyl (C=O) groups excluding carboxylic acids is 1. The summed E-state index contributed by atoms with van der Waals surface area (Å²) in [6.07, 6.45) is 2.52. The molecule has 0 aliphatic carbocycles. The normalized spacial score (nSPS) is 15.3. The van der Waals surface area contributed by atoms with Crippen LogP contribution in [0.5, 0.6) is 0 Å². The number of hydrogen-bond donors (Lipinski definition) is 2. The Morgan fingerprint density at radius 1 is 1.45 bits per heavy atom. The molecule has 1 aliphatic rings. The molecule has 0 aromatic heterocycles. The Kier molecular flexibility index (Phi) is 5.70. The maximum absolute atomic E-state index is 11.4. The van der Waals surface area contributed by atoms with Crippen molar-refractivity contribution in [3.63, 3.8) is 0 Å². The van der Waals surface area contributed by atoms with Crippen LogP contribution >= 0.6 is 0 Å². The highest BCUT2D eigenvalue weighted by Crippen LogP contribution is 2.13. The average Bonchev–Trinajstić information content (AvgIpc) is 2.39. The van der Waals surface area contributed by atoms with Crippen molar-refractivity contribution in [3.05, 3.63) is 11.8 Å². The zero-order valence-corrected chi connectivity index (χ0v) is 11.0. The van der Waals surface area contributed by atoms with E-state index in [1.165, 1.54) is 4.90 Å². The number of ether oxygens (including phenoxy) is 1. The molecular weight excluding hydrogens is 268 g/mol. The van der Waals surface area contributed by atoms with Crippen LogP contribution in [0, 0.1) is 5.92 Å². The Morgan fingerprint density at radius 2 is 2.10 bits per heavy atom. The van der Waals surface area contributed by atoms with Crippen LogP contribution < -0.4 is 0 Å². The molecule has 1 aliphatic heterocycles. The summed E-state index contributed by atoms with van der Waals surface area (Å²) in [4.78, 5) is 38.1. The van der Waals surface area contributed by atoms with Crippen LogP contribution in [0.4, 0.5) is 4.79 Å². The van der Waals surface area contributed by atoms with Gasteiger partial charge in [-0.3, -0.25) is 14.6 Å². The van der Waals surface area contributed by atoms with Gasteiger partial charge in [0.15, 0.2) is 5.92 Å². The van der Waals surface area contributed by atoms with Crippen LogP contribution in [0.2, 0.25) is 0 Å². The van der Waals surface area contributed by atoms with Gasteiger partial charge < -0.3 is 19.8 Å². The summed E-state index contributed by atoms with van der Waals surface area (Å²) < 4.78 is 4.84. The second-order valence-electron chi connectivity index (χ2n) is 4.02. The van der Waals surface area contributed by atoms with Crippen LogP contribution in [-0.2, 0) is 14.3 Å². The molecule has 0 aromatic rings. The number of aliphatic carboxylic acids is 2. The topological polar surface area (TPSA) is 117 Å². The predicted octanol–water partition coefficient (Wildman–Crippen LogP) is 0.589. The van der Waals surface area contributed by atoms with Gasteiger partial charge in [-0.1, -0.05) is 0 Å². The van der Waals surface area contributed by atoms with Crippen LogP contribution in [0.1, 0.15) is 13.3 Å². The molecule has 8 nitrogen and oxygen atoms in total. The smallest absolute Gasteiger partial charge is 0.410 e. The van der Waals surface area contributed by atoms with E-state index in [-0.39, 0.29) is 0 Å². The van der Waals surface area contributed by atoms with Crippen molar-refractivity contribution in [1.82, 2.24) is 4.90 Å². The minimum atomic E-state index is -1.67. The van der Waals surface area contributed by atoms with Gasteiger partial charge in [-0.05, 0) is 13.0 Å². The minimum Gasteiger partial charge on any atom is -0.480 e. The van der Waals surface area contributed by atoms with E-state index in [0.717, 1.165) is 6.21 Å². The number of carbonyl (C=O) groups is 3. The van der Waals surface area contributed by atoms with Crippen molar-refractivity contribution in [2.45, 2.75) is 13.3 Å². The van der Waals surface area contributed by atoms with Gasteiger partial charge in [0.05, 0.1) is 6.61 Å². The predicted molar refractivity (Wildman–Crippen MR) is 68.5 cm³/mol. The number of carboxylic acid groups (broad SMARTS) is 2. The summed E-state index contributed by atoms with van der Waals surface area (Å²) in [5.74, 6) is -4.60. The highest BCUT2D eigenvalue weighted by Gasteiger charge is 2.24. The first-order valence-corrected chi connectivity index (χ1v) is 6.06. The van der Waals surface area contributed by atoms with Crippen LogP contribution in [-0.4, -0.2) is 59.1 Å². The third-order valence-electron chi connectivity index (χ3n) is 2.63. The van der Waals surface area contributed by atoms with E-state index >= 15 is 0 Å². The number of rotatable bonds is 5. The molecule has 1 rings (SSSR count). The molecular formula is C12H16N2O6. The lowest BCUT2D eigenvalue weighted by atomic mass is 10.1. The lowest BCUT2D eigenvalue weighted by molar-refractivity contribution is -0.150. The molecule has 0 aromatic carbocycles. The van der Waals surface area contributed by atoms with Crippen molar-refractivity contribution >= 4 is 24.2 Å². The van der Waals surface area contributed by atoms with Gasteiger partial charge in [0.2, 0.25) is 0 Å². The molecule has 0 saturated heterocycles. The summed E-state index contributed by atoms with van der Waals surface area (Å²) >= 11 is 0. The van der Waals surface area contributed by atoms with Gasteiger partial charge in [0.1, 0.15) is 0 Å². The standard InChI is InChI=1S/C12H16N2O6/c1-2-20-12(19)14-5-3-8(4-6-14)13-7-9(10(15)16)11(17)18/h3,7,9H,2,4-6H2,1H3,(H,15,16)(H,17,18). The molecule has 0 spiro atoms. The second kappa shape index (κ2) is 7.27. The lowest BCUT2D eigenvalue weighted by Gasteiger charge is -2.24. The summed E-state index contributed by atoms with van der Waals surface area (Å²) in [6, 6.07) is 0. The van der Waals surface area contributed by atoms with Gasteiger partial charge in [-0.2, -0.15) is 0 Å². The minimum absolute atomic E-state index is 0.295. The number of aliphatic imine (C=N–C) groups is 1. The monoisotopic (exact) mass is 284 g/mol. The van der Waals surface area contributed by atoms with Gasteiger partial charge in [0.25, 0.3) is 0 Å². The van der Waals surface area contributed by atoms with Crippen molar-refractivity contribution < 1.29 is 29.3 Å². The SMILES string of the molecule is CCOC(=O)N1CC=C(N=CC(C(=O)O)C(=O)O)CC1. The van der Waals surface area contributed by atoms with E-state index < -0.39 is 23.9 Å².